The van der Waals surface area contributed by atoms with Crippen molar-refractivity contribution in [2.24, 2.45) is 0 Å². The maximum absolute atomic E-state index is 5.86. The Kier molecular flexibility index (Phi) is 2.97. The van der Waals surface area contributed by atoms with E-state index in [-0.39, 0.29) is 6.79 Å². The Bertz CT molecular complexity index is 519. The molecule has 1 N–H and O–H groups in total. The van der Waals surface area contributed by atoms with Crippen molar-refractivity contribution in [1.29, 1.82) is 0 Å². The third-order valence-electron chi connectivity index (χ3n) is 4.39. The van der Waals surface area contributed by atoms with Crippen LogP contribution in [0.4, 0.5) is 0 Å². The lowest BCUT2D eigenvalue weighted by Gasteiger charge is -2.20. The molecule has 1 aromatic carbocycles. The largest absolute Gasteiger partial charge is 0.493 e. The lowest BCUT2D eigenvalue weighted by atomic mass is 9.95. The highest BCUT2D eigenvalue weighted by Gasteiger charge is 2.40. The summed E-state index contributed by atoms with van der Waals surface area (Å²) in [4.78, 5) is 0. The lowest BCUT2D eigenvalue weighted by molar-refractivity contribution is 0.0973. The third-order valence-corrected chi connectivity index (χ3v) is 4.39. The van der Waals surface area contributed by atoms with E-state index in [1.54, 1.807) is 7.11 Å². The summed E-state index contributed by atoms with van der Waals surface area (Å²) in [6, 6.07) is 4.51. The fourth-order valence-electron chi connectivity index (χ4n) is 3.39. The minimum atomic E-state index is 0.267. The first kappa shape index (κ1) is 12.3. The molecule has 2 saturated heterocycles. The summed E-state index contributed by atoms with van der Waals surface area (Å²) in [6.45, 7) is 1.06. The average Bonchev–Trinajstić information content (AvgIpc) is 3.19. The van der Waals surface area contributed by atoms with Crippen molar-refractivity contribution in [3.63, 3.8) is 0 Å². The van der Waals surface area contributed by atoms with E-state index in [9.17, 15) is 0 Å². The van der Waals surface area contributed by atoms with Gasteiger partial charge >= 0.3 is 0 Å². The average molecular weight is 277 g/mol. The molecule has 3 unspecified atom stereocenters. The molecule has 108 valence electrons. The second-order valence-corrected chi connectivity index (χ2v) is 5.63. The maximum Gasteiger partial charge on any atom is 0.231 e. The number of hydrogen-bond donors (Lipinski definition) is 1. The second-order valence-electron chi connectivity index (χ2n) is 5.63. The molecule has 0 radical (unpaired) electrons. The van der Waals surface area contributed by atoms with E-state index in [1.807, 2.05) is 12.1 Å². The van der Waals surface area contributed by atoms with Gasteiger partial charge < -0.3 is 24.3 Å². The summed E-state index contributed by atoms with van der Waals surface area (Å²) in [5, 5.41) is 3.59. The third kappa shape index (κ3) is 2.01. The zero-order valence-corrected chi connectivity index (χ0v) is 11.6. The van der Waals surface area contributed by atoms with Gasteiger partial charge in [0.15, 0.2) is 11.5 Å². The molecule has 3 atom stereocenters. The van der Waals surface area contributed by atoms with E-state index in [0.717, 1.165) is 30.0 Å². The summed E-state index contributed by atoms with van der Waals surface area (Å²) in [6.07, 6.45) is 4.42. The molecular formula is C15H19NO4. The number of methoxy groups -OCH3 is 1. The lowest BCUT2D eigenvalue weighted by Crippen LogP contribution is -2.36. The van der Waals surface area contributed by atoms with Crippen LogP contribution in [0.1, 0.15) is 24.8 Å². The monoisotopic (exact) mass is 277 g/mol. The van der Waals surface area contributed by atoms with Crippen LogP contribution in [0, 0.1) is 0 Å². The molecule has 2 bridgehead atoms. The first-order valence-corrected chi connectivity index (χ1v) is 7.19. The Morgan fingerprint density at radius 3 is 3.00 bits per heavy atom. The van der Waals surface area contributed by atoms with Crippen molar-refractivity contribution in [2.45, 2.75) is 44.1 Å². The van der Waals surface area contributed by atoms with Crippen LogP contribution in [0.15, 0.2) is 12.1 Å². The summed E-state index contributed by atoms with van der Waals surface area (Å²) in [7, 11) is 1.65. The van der Waals surface area contributed by atoms with Gasteiger partial charge in [0.25, 0.3) is 0 Å². The number of fused-ring (bicyclic) bond motifs is 3. The standard InChI is InChI=1S/C15H19NO4/c1-17-13-4-9(5-14-15(13)19-8-18-14)7-16-11-6-10-2-3-12(11)20-10/h4-5,10-12,16H,2-3,6-8H2,1H3. The van der Waals surface area contributed by atoms with E-state index >= 15 is 0 Å². The van der Waals surface area contributed by atoms with Gasteiger partial charge in [0.1, 0.15) is 0 Å². The number of nitrogens with one attached hydrogen (secondary N) is 1. The van der Waals surface area contributed by atoms with Crippen LogP contribution in [0.2, 0.25) is 0 Å². The first-order valence-electron chi connectivity index (χ1n) is 7.19. The Morgan fingerprint density at radius 1 is 1.30 bits per heavy atom. The van der Waals surface area contributed by atoms with Crippen molar-refractivity contribution < 1.29 is 18.9 Å². The van der Waals surface area contributed by atoms with Crippen molar-refractivity contribution in [3.05, 3.63) is 17.7 Å². The highest BCUT2D eigenvalue weighted by molar-refractivity contribution is 5.55. The molecule has 3 aliphatic heterocycles. The van der Waals surface area contributed by atoms with Crippen LogP contribution < -0.4 is 19.5 Å². The number of ether oxygens (including phenoxy) is 4. The summed E-state index contributed by atoms with van der Waals surface area (Å²) < 4.78 is 22.1. The zero-order valence-electron chi connectivity index (χ0n) is 11.6. The molecule has 0 amide bonds. The van der Waals surface area contributed by atoms with Gasteiger partial charge in [-0.1, -0.05) is 0 Å². The van der Waals surface area contributed by atoms with Crippen LogP contribution >= 0.6 is 0 Å². The number of benzene rings is 1. The van der Waals surface area contributed by atoms with E-state index in [0.29, 0.717) is 24.0 Å². The van der Waals surface area contributed by atoms with Gasteiger partial charge in [-0.15, -0.1) is 0 Å². The minimum Gasteiger partial charge on any atom is -0.493 e. The fraction of sp³-hybridized carbons (Fsp3) is 0.600. The normalized spacial score (nSPS) is 29.9. The molecule has 4 rings (SSSR count). The van der Waals surface area contributed by atoms with Crippen LogP contribution in [-0.2, 0) is 11.3 Å². The Labute approximate surface area is 118 Å². The molecule has 0 spiro atoms. The first-order chi connectivity index (χ1) is 9.83. The summed E-state index contributed by atoms with van der Waals surface area (Å²) in [5.74, 6) is 2.21. The fourth-order valence-corrected chi connectivity index (χ4v) is 3.39. The maximum atomic E-state index is 5.86. The van der Waals surface area contributed by atoms with Gasteiger partial charge in [0.2, 0.25) is 12.5 Å². The van der Waals surface area contributed by atoms with E-state index in [2.05, 4.69) is 5.32 Å². The molecule has 1 aromatic rings. The summed E-state index contributed by atoms with van der Waals surface area (Å²) in [5.41, 5.74) is 1.15. The van der Waals surface area contributed by atoms with Crippen molar-refractivity contribution >= 4 is 0 Å². The van der Waals surface area contributed by atoms with Crippen LogP contribution in [0.3, 0.4) is 0 Å². The highest BCUT2D eigenvalue weighted by Crippen LogP contribution is 2.42. The van der Waals surface area contributed by atoms with Gasteiger partial charge in [-0.2, -0.15) is 0 Å². The molecule has 0 aromatic heterocycles. The van der Waals surface area contributed by atoms with E-state index in [1.165, 1.54) is 12.8 Å². The van der Waals surface area contributed by atoms with Crippen molar-refractivity contribution in [3.8, 4) is 17.2 Å². The zero-order chi connectivity index (χ0) is 13.5. The molecule has 20 heavy (non-hydrogen) atoms. The molecule has 5 nitrogen and oxygen atoms in total. The van der Waals surface area contributed by atoms with Gasteiger partial charge in [0, 0.05) is 12.6 Å². The molecular weight excluding hydrogens is 258 g/mol. The van der Waals surface area contributed by atoms with E-state index in [4.69, 9.17) is 18.9 Å². The SMILES string of the molecule is COc1cc(CNC2CC3CCC2O3)cc2c1OCO2. The Balaban J connectivity index is 1.46. The van der Waals surface area contributed by atoms with Gasteiger partial charge in [-0.25, -0.2) is 0 Å². The van der Waals surface area contributed by atoms with Crippen molar-refractivity contribution in [1.82, 2.24) is 5.32 Å². The van der Waals surface area contributed by atoms with Crippen molar-refractivity contribution in [2.75, 3.05) is 13.9 Å². The molecule has 0 saturated carbocycles. The Hall–Kier alpha value is -1.46. The van der Waals surface area contributed by atoms with E-state index < -0.39 is 0 Å². The minimum absolute atomic E-state index is 0.267. The number of hydrogen-bond acceptors (Lipinski definition) is 5. The number of rotatable bonds is 4. The molecule has 0 aliphatic carbocycles. The molecule has 3 aliphatic rings. The van der Waals surface area contributed by atoms with Gasteiger partial charge in [0.05, 0.1) is 19.3 Å². The molecule has 2 fully saturated rings. The van der Waals surface area contributed by atoms with Crippen LogP contribution in [0.5, 0.6) is 17.2 Å². The van der Waals surface area contributed by atoms with Gasteiger partial charge in [-0.3, -0.25) is 0 Å². The Morgan fingerprint density at radius 2 is 2.25 bits per heavy atom. The quantitative estimate of drug-likeness (QED) is 0.910. The second kappa shape index (κ2) is 4.82. The topological polar surface area (TPSA) is 49.0 Å². The van der Waals surface area contributed by atoms with Crippen LogP contribution in [0.25, 0.3) is 0 Å². The predicted molar refractivity (Wildman–Crippen MR) is 72.3 cm³/mol. The van der Waals surface area contributed by atoms with Crippen LogP contribution in [-0.4, -0.2) is 32.2 Å². The highest BCUT2D eigenvalue weighted by atomic mass is 16.7. The molecule has 3 heterocycles. The smallest absolute Gasteiger partial charge is 0.231 e. The predicted octanol–water partition coefficient (Wildman–Crippen LogP) is 1.83. The molecule has 5 heteroatoms. The van der Waals surface area contributed by atoms with Gasteiger partial charge in [-0.05, 0) is 37.0 Å². The summed E-state index contributed by atoms with van der Waals surface area (Å²) >= 11 is 0.